The molecule has 0 unspecified atom stereocenters. The van der Waals surface area contributed by atoms with Gasteiger partial charge in [0.25, 0.3) is 0 Å². The van der Waals surface area contributed by atoms with E-state index in [9.17, 15) is 13.2 Å². The summed E-state index contributed by atoms with van der Waals surface area (Å²) in [5, 5.41) is 0. The zero-order chi connectivity index (χ0) is 20.1. The van der Waals surface area contributed by atoms with Crippen molar-refractivity contribution >= 4 is 16.1 Å². The number of nitrogens with zero attached hydrogens (tertiary/aromatic N) is 1. The zero-order valence-corrected chi connectivity index (χ0v) is 17.0. The van der Waals surface area contributed by atoms with Crippen molar-refractivity contribution in [2.75, 3.05) is 19.4 Å². The Morgan fingerprint density at radius 2 is 1.86 bits per heavy atom. The van der Waals surface area contributed by atoms with Crippen LogP contribution in [0.25, 0.3) is 11.1 Å². The second-order valence-corrected chi connectivity index (χ2v) is 8.80. The van der Waals surface area contributed by atoms with Crippen LogP contribution in [0.1, 0.15) is 18.9 Å². The monoisotopic (exact) mass is 402 g/mol. The number of carbonyl (C=O) groups is 1. The summed E-state index contributed by atoms with van der Waals surface area (Å²) in [7, 11) is -3.37. The van der Waals surface area contributed by atoms with Crippen molar-refractivity contribution in [1.82, 2.24) is 9.62 Å². The van der Waals surface area contributed by atoms with Crippen LogP contribution in [-0.2, 0) is 21.2 Å². The number of benzene rings is 2. The summed E-state index contributed by atoms with van der Waals surface area (Å²) < 4.78 is 31.4. The molecule has 150 valence electrons. The molecule has 1 aliphatic rings. The fourth-order valence-electron chi connectivity index (χ4n) is 3.70. The summed E-state index contributed by atoms with van der Waals surface area (Å²) in [5.41, 5.74) is 3.25. The first-order valence-electron chi connectivity index (χ1n) is 9.42. The van der Waals surface area contributed by atoms with Crippen LogP contribution in [0.15, 0.2) is 54.6 Å². The third-order valence-electron chi connectivity index (χ3n) is 4.89. The Bertz CT molecular complexity index is 915. The number of hydrogen-bond acceptors (Lipinski definition) is 4. The molecule has 2 aromatic carbocycles. The third-order valence-corrected chi connectivity index (χ3v) is 5.62. The first-order chi connectivity index (χ1) is 13.4. The molecule has 2 aromatic rings. The number of ether oxygens (including phenoxy) is 1. The lowest BCUT2D eigenvalue weighted by Gasteiger charge is -2.28. The van der Waals surface area contributed by atoms with Crippen LogP contribution in [0.3, 0.4) is 0 Å². The van der Waals surface area contributed by atoms with E-state index in [4.69, 9.17) is 4.74 Å². The Morgan fingerprint density at radius 1 is 1.14 bits per heavy atom. The van der Waals surface area contributed by atoms with Gasteiger partial charge in [-0.05, 0) is 36.5 Å². The maximum Gasteiger partial charge on any atom is 0.410 e. The minimum absolute atomic E-state index is 0.287. The minimum atomic E-state index is -3.37. The van der Waals surface area contributed by atoms with E-state index in [0.717, 1.165) is 22.9 Å². The number of rotatable bonds is 6. The molecule has 1 heterocycles. The molecule has 1 fully saturated rings. The van der Waals surface area contributed by atoms with Gasteiger partial charge in [0.1, 0.15) is 0 Å². The van der Waals surface area contributed by atoms with E-state index >= 15 is 0 Å². The molecule has 6 nitrogen and oxygen atoms in total. The summed E-state index contributed by atoms with van der Waals surface area (Å²) in [6, 6.07) is 17.6. The van der Waals surface area contributed by atoms with Crippen molar-refractivity contribution in [1.29, 1.82) is 0 Å². The molecular weight excluding hydrogens is 376 g/mol. The summed E-state index contributed by atoms with van der Waals surface area (Å²) in [6.45, 7) is 2.52. The Hall–Kier alpha value is -2.38. The summed E-state index contributed by atoms with van der Waals surface area (Å²) in [5.74, 6) is 0. The third kappa shape index (κ3) is 5.11. The van der Waals surface area contributed by atoms with Gasteiger partial charge < -0.3 is 9.64 Å². The first kappa shape index (κ1) is 20.4. The van der Waals surface area contributed by atoms with E-state index in [1.807, 2.05) is 48.5 Å². The van der Waals surface area contributed by atoms with Crippen molar-refractivity contribution < 1.29 is 17.9 Å². The topological polar surface area (TPSA) is 75.7 Å². The van der Waals surface area contributed by atoms with Crippen molar-refractivity contribution in [3.05, 3.63) is 60.2 Å². The maximum atomic E-state index is 12.4. The highest BCUT2D eigenvalue weighted by atomic mass is 32.2. The van der Waals surface area contributed by atoms with Gasteiger partial charge in [-0.25, -0.2) is 17.9 Å². The molecule has 0 aromatic heterocycles. The minimum Gasteiger partial charge on any atom is -0.450 e. The molecule has 0 radical (unpaired) electrons. The number of sulfonamides is 1. The van der Waals surface area contributed by atoms with Gasteiger partial charge in [-0.1, -0.05) is 54.6 Å². The Kier molecular flexibility index (Phi) is 6.36. The van der Waals surface area contributed by atoms with Crippen LogP contribution in [0.2, 0.25) is 0 Å². The van der Waals surface area contributed by atoms with Gasteiger partial charge in [0.15, 0.2) is 0 Å². The highest BCUT2D eigenvalue weighted by Crippen LogP contribution is 2.26. The molecule has 0 spiro atoms. The fraction of sp³-hybridized carbons (Fsp3) is 0.381. The molecule has 0 bridgehead atoms. The van der Waals surface area contributed by atoms with Gasteiger partial charge in [0.2, 0.25) is 10.0 Å². The van der Waals surface area contributed by atoms with Gasteiger partial charge >= 0.3 is 6.09 Å². The van der Waals surface area contributed by atoms with E-state index in [1.165, 1.54) is 0 Å². The average Bonchev–Trinajstić information content (AvgIpc) is 3.03. The van der Waals surface area contributed by atoms with E-state index in [2.05, 4.69) is 10.8 Å². The van der Waals surface area contributed by atoms with Gasteiger partial charge in [-0.2, -0.15) is 0 Å². The smallest absolute Gasteiger partial charge is 0.410 e. The molecule has 0 saturated carbocycles. The predicted octanol–water partition coefficient (Wildman–Crippen LogP) is 3.04. The van der Waals surface area contributed by atoms with Gasteiger partial charge in [0.05, 0.1) is 18.9 Å². The molecule has 0 aliphatic carbocycles. The van der Waals surface area contributed by atoms with E-state index < -0.39 is 16.1 Å². The van der Waals surface area contributed by atoms with Crippen LogP contribution in [0, 0.1) is 0 Å². The lowest BCUT2D eigenvalue weighted by Crippen LogP contribution is -2.47. The first-order valence-corrected chi connectivity index (χ1v) is 11.3. The normalized spacial score (nSPS) is 19.6. The lowest BCUT2D eigenvalue weighted by atomic mass is 9.97. The molecule has 2 atom stereocenters. The largest absolute Gasteiger partial charge is 0.450 e. The second-order valence-electron chi connectivity index (χ2n) is 7.02. The maximum absolute atomic E-state index is 12.4. The van der Waals surface area contributed by atoms with Crippen LogP contribution >= 0.6 is 0 Å². The van der Waals surface area contributed by atoms with Crippen LogP contribution in [0.4, 0.5) is 4.79 Å². The summed E-state index contributed by atoms with van der Waals surface area (Å²) >= 11 is 0. The molecular formula is C21H26N2O4S. The van der Waals surface area contributed by atoms with Crippen LogP contribution < -0.4 is 4.72 Å². The van der Waals surface area contributed by atoms with Crippen molar-refractivity contribution in [2.45, 2.75) is 31.8 Å². The van der Waals surface area contributed by atoms with Crippen molar-refractivity contribution in [2.24, 2.45) is 0 Å². The molecule has 3 rings (SSSR count). The lowest BCUT2D eigenvalue weighted by molar-refractivity contribution is 0.101. The number of carbonyl (C=O) groups excluding carboxylic acids is 1. The number of nitrogens with one attached hydrogen (secondary N) is 1. The van der Waals surface area contributed by atoms with Crippen molar-refractivity contribution in [3.63, 3.8) is 0 Å². The Labute approximate surface area is 166 Å². The number of hydrogen-bond donors (Lipinski definition) is 1. The summed E-state index contributed by atoms with van der Waals surface area (Å²) in [6.07, 6.45) is 1.86. The second kappa shape index (κ2) is 8.75. The number of likely N-dealkylation sites (tertiary alicyclic amines) is 1. The van der Waals surface area contributed by atoms with Gasteiger partial charge in [-0.3, -0.25) is 0 Å². The summed E-state index contributed by atoms with van der Waals surface area (Å²) in [4.78, 5) is 14.0. The van der Waals surface area contributed by atoms with E-state index in [-0.39, 0.29) is 18.7 Å². The standard InChI is InChI=1S/C21H26N2O4S/c1-3-27-21(24)23-13-12-19(22-28(2,25)26)20(23)15-16-8-7-11-18(14-16)17-9-5-4-6-10-17/h4-11,14,19-20,22H,3,12-13,15H2,1-2H3/t19-,20-/m0/s1. The molecule has 1 aliphatic heterocycles. The highest BCUT2D eigenvalue weighted by Gasteiger charge is 2.39. The van der Waals surface area contributed by atoms with Gasteiger partial charge in [0, 0.05) is 12.6 Å². The fourth-order valence-corrected chi connectivity index (χ4v) is 4.53. The van der Waals surface area contributed by atoms with Crippen LogP contribution in [-0.4, -0.2) is 50.9 Å². The molecule has 7 heteroatoms. The van der Waals surface area contributed by atoms with E-state index in [0.29, 0.717) is 19.4 Å². The molecule has 28 heavy (non-hydrogen) atoms. The SMILES string of the molecule is CCOC(=O)N1CC[C@H](NS(C)(=O)=O)[C@@H]1Cc1cccc(-c2ccccc2)c1. The Morgan fingerprint density at radius 3 is 2.54 bits per heavy atom. The predicted molar refractivity (Wildman–Crippen MR) is 109 cm³/mol. The van der Waals surface area contributed by atoms with Gasteiger partial charge in [-0.15, -0.1) is 0 Å². The zero-order valence-electron chi connectivity index (χ0n) is 16.2. The van der Waals surface area contributed by atoms with Crippen LogP contribution in [0.5, 0.6) is 0 Å². The Balaban J connectivity index is 1.85. The average molecular weight is 403 g/mol. The molecule has 1 N–H and O–H groups in total. The van der Waals surface area contributed by atoms with Crippen molar-refractivity contribution in [3.8, 4) is 11.1 Å². The molecule has 1 amide bonds. The van der Waals surface area contributed by atoms with E-state index in [1.54, 1.807) is 11.8 Å². The molecule has 1 saturated heterocycles. The quantitative estimate of drug-likeness (QED) is 0.806. The number of amides is 1. The highest BCUT2D eigenvalue weighted by molar-refractivity contribution is 7.88.